The van der Waals surface area contributed by atoms with Crippen LogP contribution < -0.4 is 21.7 Å². The van der Waals surface area contributed by atoms with Crippen LogP contribution in [-0.2, 0) is 19.2 Å². The quantitative estimate of drug-likeness (QED) is 0.310. The highest BCUT2D eigenvalue weighted by atomic mass is 16.2. The van der Waals surface area contributed by atoms with Gasteiger partial charge in [-0.3, -0.25) is 19.2 Å². The van der Waals surface area contributed by atoms with Gasteiger partial charge in [-0.25, -0.2) is 4.79 Å². The van der Waals surface area contributed by atoms with Crippen molar-refractivity contribution < 1.29 is 24.0 Å². The number of nitrogens with zero attached hydrogens (tertiary/aromatic N) is 1. The summed E-state index contributed by atoms with van der Waals surface area (Å²) < 4.78 is 0. The van der Waals surface area contributed by atoms with E-state index in [0.29, 0.717) is 31.7 Å². The lowest BCUT2D eigenvalue weighted by atomic mass is 9.81. The Bertz CT molecular complexity index is 842. The molecule has 3 atom stereocenters. The molecule has 1 aliphatic carbocycles. The molecule has 0 aromatic heterocycles. The fourth-order valence-corrected chi connectivity index (χ4v) is 4.52. The number of Topliss-reactive ketones (excluding diaryl/α,β-unsaturated/α-hetero) is 1. The normalized spacial score (nSPS) is 18.4. The summed E-state index contributed by atoms with van der Waals surface area (Å²) in [6, 6.07) is -3.10. The predicted molar refractivity (Wildman–Crippen MR) is 159 cm³/mol. The molecule has 1 saturated heterocycles. The van der Waals surface area contributed by atoms with Gasteiger partial charge in [0.2, 0.25) is 17.6 Å². The first-order valence-electron chi connectivity index (χ1n) is 15.0. The van der Waals surface area contributed by atoms with E-state index in [1.54, 1.807) is 0 Å². The Morgan fingerprint density at radius 1 is 0.900 bits per heavy atom. The maximum absolute atomic E-state index is 13.6. The Morgan fingerprint density at radius 3 is 1.88 bits per heavy atom. The predicted octanol–water partition coefficient (Wildman–Crippen LogP) is 4.05. The lowest BCUT2D eigenvalue weighted by Gasteiger charge is -2.36. The topological polar surface area (TPSA) is 151 Å². The van der Waals surface area contributed by atoms with Crippen molar-refractivity contribution in [1.29, 1.82) is 0 Å². The zero-order chi connectivity index (χ0) is 31.3. The molecule has 10 heteroatoms. The Kier molecular flexibility index (Phi) is 16.1. The summed E-state index contributed by atoms with van der Waals surface area (Å²) in [4.78, 5) is 64.7. The van der Waals surface area contributed by atoms with E-state index >= 15 is 0 Å². The van der Waals surface area contributed by atoms with E-state index in [2.05, 4.69) is 29.8 Å². The third-order valence-electron chi connectivity index (χ3n) is 6.68. The fraction of sp³-hybridized carbons (Fsp3) is 0.833. The molecule has 5 N–H and O–H groups in total. The summed E-state index contributed by atoms with van der Waals surface area (Å²) in [5.74, 6) is -2.23. The van der Waals surface area contributed by atoms with Crippen LogP contribution in [0.3, 0.4) is 0 Å². The Balaban J connectivity index is 0.00000284. The number of primary amides is 1. The molecular formula is C30H57N5O5. The van der Waals surface area contributed by atoms with Gasteiger partial charge >= 0.3 is 6.03 Å². The average Bonchev–Trinajstić information content (AvgIpc) is 3.30. The van der Waals surface area contributed by atoms with Gasteiger partial charge in [0.1, 0.15) is 12.1 Å². The third-order valence-corrected chi connectivity index (χ3v) is 6.68. The van der Waals surface area contributed by atoms with Crippen molar-refractivity contribution in [1.82, 2.24) is 20.9 Å². The molecule has 2 rings (SSSR count). The van der Waals surface area contributed by atoms with Crippen molar-refractivity contribution in [2.24, 2.45) is 17.1 Å². The molecule has 1 heterocycles. The van der Waals surface area contributed by atoms with Crippen molar-refractivity contribution in [2.45, 2.75) is 144 Å². The molecule has 1 saturated carbocycles. The second-order valence-electron chi connectivity index (χ2n) is 12.7. The number of likely N-dealkylation sites (tertiary alicyclic amines) is 1. The van der Waals surface area contributed by atoms with E-state index in [9.17, 15) is 24.0 Å². The monoisotopic (exact) mass is 567 g/mol. The number of carbonyl (C=O) groups excluding carboxylic acids is 5. The van der Waals surface area contributed by atoms with Crippen LogP contribution >= 0.6 is 0 Å². The van der Waals surface area contributed by atoms with Gasteiger partial charge in [0.05, 0.1) is 6.04 Å². The molecule has 0 aromatic carbocycles. The van der Waals surface area contributed by atoms with Gasteiger partial charge in [-0.05, 0) is 57.8 Å². The minimum absolute atomic E-state index is 0.345. The number of hydrogen-bond donors (Lipinski definition) is 4. The van der Waals surface area contributed by atoms with Crippen LogP contribution in [0.1, 0.15) is 121 Å². The Morgan fingerprint density at radius 2 is 1.45 bits per heavy atom. The molecular weight excluding hydrogens is 510 g/mol. The number of urea groups is 1. The third kappa shape index (κ3) is 12.7. The van der Waals surface area contributed by atoms with Crippen LogP contribution in [-0.4, -0.2) is 64.6 Å². The van der Waals surface area contributed by atoms with Gasteiger partial charge in [-0.15, -0.1) is 0 Å². The second-order valence-corrected chi connectivity index (χ2v) is 12.7. The number of rotatable bonds is 9. The van der Waals surface area contributed by atoms with E-state index in [1.165, 1.54) is 11.3 Å². The van der Waals surface area contributed by atoms with Crippen LogP contribution in [0.5, 0.6) is 0 Å². The van der Waals surface area contributed by atoms with E-state index in [-0.39, 0.29) is 5.91 Å². The summed E-state index contributed by atoms with van der Waals surface area (Å²) in [6.45, 7) is 19.7. The van der Waals surface area contributed by atoms with Crippen molar-refractivity contribution >= 4 is 29.5 Å². The number of nitrogens with one attached hydrogen (secondary N) is 3. The highest BCUT2D eigenvalue weighted by Crippen LogP contribution is 2.31. The minimum atomic E-state index is -1.08. The molecule has 5 amide bonds. The molecule has 40 heavy (non-hydrogen) atoms. The first-order chi connectivity index (χ1) is 18.5. The molecule has 0 bridgehead atoms. The first-order valence-corrected chi connectivity index (χ1v) is 15.0. The van der Waals surface area contributed by atoms with Crippen LogP contribution in [0.2, 0.25) is 0 Å². The van der Waals surface area contributed by atoms with Crippen LogP contribution in [0.25, 0.3) is 0 Å². The molecule has 0 spiro atoms. The number of ketones is 1. The lowest BCUT2D eigenvalue weighted by molar-refractivity contribution is -0.143. The van der Waals surface area contributed by atoms with Crippen molar-refractivity contribution in [3.05, 3.63) is 0 Å². The number of amides is 5. The largest absolute Gasteiger partial charge is 0.363 e. The average molecular weight is 568 g/mol. The maximum Gasteiger partial charge on any atom is 0.315 e. The van der Waals surface area contributed by atoms with Crippen LogP contribution in [0.4, 0.5) is 4.79 Å². The SMILES string of the molecule is CC.CC(C)(C)NC(=O)N[C@H](C(=O)N1CCCC1C(=O)NC(CCC1CCC1)C(=O)C(N)=O)C(C)(C)C.CCC. The summed E-state index contributed by atoms with van der Waals surface area (Å²) >= 11 is 0. The van der Waals surface area contributed by atoms with E-state index in [4.69, 9.17) is 5.73 Å². The van der Waals surface area contributed by atoms with Gasteiger partial charge in [0, 0.05) is 12.1 Å². The van der Waals surface area contributed by atoms with Gasteiger partial charge in [0.25, 0.3) is 5.91 Å². The summed E-state index contributed by atoms with van der Waals surface area (Å²) in [7, 11) is 0. The zero-order valence-electron chi connectivity index (χ0n) is 26.7. The smallest absolute Gasteiger partial charge is 0.315 e. The number of nitrogens with two attached hydrogens (primary N) is 1. The van der Waals surface area contributed by atoms with Crippen molar-refractivity contribution in [3.63, 3.8) is 0 Å². The molecule has 0 aromatic rings. The fourth-order valence-electron chi connectivity index (χ4n) is 4.52. The molecule has 2 fully saturated rings. The molecule has 2 unspecified atom stereocenters. The Hall–Kier alpha value is -2.65. The lowest BCUT2D eigenvalue weighted by Crippen LogP contribution is -2.61. The van der Waals surface area contributed by atoms with Gasteiger partial charge < -0.3 is 26.6 Å². The van der Waals surface area contributed by atoms with E-state index < -0.39 is 52.7 Å². The molecule has 232 valence electrons. The Labute approximate surface area is 242 Å². The molecule has 10 nitrogen and oxygen atoms in total. The standard InChI is InChI=1S/C25H43N5O5.C3H8.C2H6/c1-24(2,3)19(28-23(35)29-25(4,5)6)22(34)30-14-8-11-17(30)21(33)27-16(18(31)20(26)32)13-12-15-9-7-10-15;1-3-2;1-2/h15-17,19H,7-14H2,1-6H3,(H2,26,32)(H,27,33)(H2,28,29,35);3H2,1-2H3;1-2H3/t16?,17?,19-;;/m1../s1. The van der Waals surface area contributed by atoms with Gasteiger partial charge in [-0.1, -0.05) is 74.1 Å². The highest BCUT2D eigenvalue weighted by molar-refractivity contribution is 6.37. The molecule has 1 aliphatic heterocycles. The molecule has 0 radical (unpaired) electrons. The zero-order valence-corrected chi connectivity index (χ0v) is 26.7. The van der Waals surface area contributed by atoms with Crippen molar-refractivity contribution in [2.75, 3.05) is 6.54 Å². The maximum atomic E-state index is 13.6. The van der Waals surface area contributed by atoms with Gasteiger partial charge in [0.15, 0.2) is 0 Å². The van der Waals surface area contributed by atoms with E-state index in [0.717, 1.165) is 25.7 Å². The first kappa shape index (κ1) is 37.4. The minimum Gasteiger partial charge on any atom is -0.363 e. The van der Waals surface area contributed by atoms with Crippen molar-refractivity contribution in [3.8, 4) is 0 Å². The summed E-state index contributed by atoms with van der Waals surface area (Å²) in [5, 5.41) is 8.28. The van der Waals surface area contributed by atoms with Crippen LogP contribution in [0.15, 0.2) is 0 Å². The van der Waals surface area contributed by atoms with Crippen LogP contribution in [0, 0.1) is 11.3 Å². The number of hydrogen-bond acceptors (Lipinski definition) is 5. The summed E-state index contributed by atoms with van der Waals surface area (Å²) in [6.07, 6.45) is 6.70. The highest BCUT2D eigenvalue weighted by Gasteiger charge is 2.43. The van der Waals surface area contributed by atoms with E-state index in [1.807, 2.05) is 55.4 Å². The number of carbonyl (C=O) groups is 5. The van der Waals surface area contributed by atoms with Gasteiger partial charge in [-0.2, -0.15) is 0 Å². The summed E-state index contributed by atoms with van der Waals surface area (Å²) in [5.41, 5.74) is 4.13. The molecule has 2 aliphatic rings. The second kappa shape index (κ2) is 17.2.